The summed E-state index contributed by atoms with van der Waals surface area (Å²) in [6, 6.07) is 38.0. The molecule has 0 unspecified atom stereocenters. The number of rotatable bonds is 2. The van der Waals surface area contributed by atoms with Gasteiger partial charge in [-0.25, -0.2) is 12.1 Å². The second kappa shape index (κ2) is 17.3. The largest absolute Gasteiger partial charge is 1.00 e. The summed E-state index contributed by atoms with van der Waals surface area (Å²) in [5.74, 6) is 0. The van der Waals surface area contributed by atoms with E-state index >= 15 is 0 Å². The molecule has 0 radical (unpaired) electrons. The Labute approximate surface area is 321 Å². The fraction of sp³-hybridized carbons (Fsp3) is 0.268. The van der Waals surface area contributed by atoms with Crippen LogP contribution in [0.2, 0.25) is 0 Å². The molecule has 0 bridgehead atoms. The first-order valence-electron chi connectivity index (χ1n) is 15.1. The molecule has 1 aliphatic carbocycles. The maximum Gasteiger partial charge on any atom is -0.0129 e. The van der Waals surface area contributed by atoms with Crippen molar-refractivity contribution in [2.75, 3.05) is 0 Å². The number of halogens is 4. The molecule has 6 rings (SSSR count). The average molecular weight is 944 g/mol. The van der Waals surface area contributed by atoms with E-state index in [0.29, 0.717) is 0 Å². The second-order valence-electron chi connectivity index (χ2n) is 13.6. The van der Waals surface area contributed by atoms with E-state index < -0.39 is 0 Å². The minimum atomic E-state index is 0. The van der Waals surface area contributed by atoms with E-state index in [-0.39, 0.29) is 35.6 Å². The van der Waals surface area contributed by atoms with Crippen molar-refractivity contribution in [3.05, 3.63) is 157 Å². The normalized spacial score (nSPS) is 11.4. The maximum atomic E-state index is 3.69. The van der Waals surface area contributed by atoms with Crippen LogP contribution in [0.25, 0.3) is 11.1 Å². The van der Waals surface area contributed by atoms with Crippen molar-refractivity contribution in [3.63, 3.8) is 0 Å². The predicted octanol–water partition coefficient (Wildman–Crippen LogP) is 6.01. The van der Waals surface area contributed by atoms with Crippen molar-refractivity contribution in [2.45, 2.75) is 72.6 Å². The van der Waals surface area contributed by atoms with Gasteiger partial charge in [-0.15, -0.1) is 16.7 Å². The van der Waals surface area contributed by atoms with Crippen LogP contribution in [-0.4, -0.2) is 3.26 Å². The van der Waals surface area contributed by atoms with Crippen LogP contribution < -0.4 is 24.8 Å². The summed E-state index contributed by atoms with van der Waals surface area (Å²) >= 11 is 7.96. The van der Waals surface area contributed by atoms with Gasteiger partial charge >= 0.3 is 128 Å². The van der Waals surface area contributed by atoms with Crippen LogP contribution >= 0.6 is 31.9 Å². The first kappa shape index (κ1) is 40.7. The van der Waals surface area contributed by atoms with Crippen molar-refractivity contribution in [1.29, 1.82) is 0 Å². The zero-order valence-corrected chi connectivity index (χ0v) is 36.2. The first-order chi connectivity index (χ1) is 20.6. The minimum Gasteiger partial charge on any atom is -1.00 e. The standard InChI is InChI=1S/C23H29.C13H8Br2.C5H5.2ClH.Hf/c1-14-9-16-11-17-10-15(2)21(23(6,7)8)13-19(17)18(16)12-20(14)22(3,4)5;14-12-5-1-10(2-6-12)9-11-3-7-13(15)8-4-11;1-2-4-5-3-1;;;/h9,12-13H,11H2,1-8H3;1-8H;1-5H;2*1H;/q-1;;-1;;;+2/p-2. The van der Waals surface area contributed by atoms with Crippen LogP contribution in [0, 0.1) is 19.9 Å². The molecule has 0 saturated heterocycles. The van der Waals surface area contributed by atoms with Crippen LogP contribution in [0.1, 0.15) is 86.1 Å². The van der Waals surface area contributed by atoms with Gasteiger partial charge < -0.3 is 24.8 Å². The number of fused-ring (bicyclic) bond motifs is 3. The van der Waals surface area contributed by atoms with Crippen LogP contribution in [0.3, 0.4) is 0 Å². The zero-order valence-electron chi connectivity index (χ0n) is 28.0. The Morgan fingerprint density at radius 3 is 1.57 bits per heavy atom. The molecule has 5 aromatic carbocycles. The van der Waals surface area contributed by atoms with Crippen molar-refractivity contribution in [3.8, 4) is 11.1 Å². The molecule has 0 amide bonds. The first-order valence-corrected chi connectivity index (χ1v) is 18.5. The summed E-state index contributed by atoms with van der Waals surface area (Å²) in [7, 11) is 0. The molecule has 0 aliphatic heterocycles. The van der Waals surface area contributed by atoms with E-state index in [1.807, 2.05) is 30.3 Å². The molecule has 5 heteroatoms. The van der Waals surface area contributed by atoms with Crippen molar-refractivity contribution >= 4 is 35.1 Å². The number of hydrogen-bond donors (Lipinski definition) is 0. The van der Waals surface area contributed by atoms with Crippen molar-refractivity contribution in [2.24, 2.45) is 0 Å². The van der Waals surface area contributed by atoms with Crippen LogP contribution in [0.15, 0.2) is 106 Å². The topological polar surface area (TPSA) is 0 Å². The van der Waals surface area contributed by atoms with Gasteiger partial charge in [0, 0.05) is 0 Å². The Balaban J connectivity index is 0.000000278. The third kappa shape index (κ3) is 10.5. The summed E-state index contributed by atoms with van der Waals surface area (Å²) in [5, 5.41) is 0. The predicted molar refractivity (Wildman–Crippen MR) is 194 cm³/mol. The molecule has 0 saturated carbocycles. The molecule has 5 aromatic rings. The van der Waals surface area contributed by atoms with Gasteiger partial charge in [-0.2, -0.15) is 35.9 Å². The average Bonchev–Trinajstić information content (AvgIpc) is 3.63. The van der Waals surface area contributed by atoms with Crippen molar-refractivity contribution < 1.29 is 48.7 Å². The SMILES string of the molecule is Brc1ccc([C](=[Hf+2])c2ccc(Br)cc2)cc1.Cc1[c-]c2c(cc1C(C)(C)C)-c1cc(C(C)(C)C)c(C)cc1C2.[Cl-].[Cl-].c1cc[cH-]c1. The Bertz CT molecular complexity index is 1590. The Hall–Kier alpha value is -1.49. The fourth-order valence-corrected chi connectivity index (χ4v) is 7.47. The summed E-state index contributed by atoms with van der Waals surface area (Å²) in [6.07, 6.45) is 1.03. The van der Waals surface area contributed by atoms with Gasteiger partial charge in [0.1, 0.15) is 0 Å². The third-order valence-electron chi connectivity index (χ3n) is 7.90. The summed E-state index contributed by atoms with van der Waals surface area (Å²) < 4.78 is 3.68. The molecule has 0 heterocycles. The molecule has 240 valence electrons. The molecular weight excluding hydrogens is 902 g/mol. The summed E-state index contributed by atoms with van der Waals surface area (Å²) in [6.45, 7) is 18.2. The van der Waals surface area contributed by atoms with E-state index in [4.69, 9.17) is 0 Å². The Kier molecular flexibility index (Phi) is 15.3. The zero-order chi connectivity index (χ0) is 32.2. The number of aryl methyl sites for hydroxylation is 2. The van der Waals surface area contributed by atoms with Crippen molar-refractivity contribution in [1.82, 2.24) is 0 Å². The number of benzene rings is 4. The van der Waals surface area contributed by atoms with Gasteiger partial charge in [0.05, 0.1) is 0 Å². The second-order valence-corrected chi connectivity index (χ2v) is 17.2. The third-order valence-corrected chi connectivity index (χ3v) is 11.0. The van der Waals surface area contributed by atoms with E-state index in [9.17, 15) is 0 Å². The molecule has 0 nitrogen and oxygen atoms in total. The Morgan fingerprint density at radius 2 is 1.15 bits per heavy atom. The minimum absolute atomic E-state index is 0. The van der Waals surface area contributed by atoms with Gasteiger partial charge in [0.25, 0.3) is 0 Å². The fourth-order valence-electron chi connectivity index (χ4n) is 5.74. The number of hydrogen-bond acceptors (Lipinski definition) is 0. The van der Waals surface area contributed by atoms with Gasteiger partial charge in [-0.05, 0) is 35.4 Å². The monoisotopic (exact) mass is 942 g/mol. The van der Waals surface area contributed by atoms with Gasteiger partial charge in [0.2, 0.25) is 0 Å². The van der Waals surface area contributed by atoms with Crippen LogP contribution in [0.4, 0.5) is 0 Å². The summed E-state index contributed by atoms with van der Waals surface area (Å²) in [4.78, 5) is 0. The van der Waals surface area contributed by atoms with E-state index in [1.165, 1.54) is 58.9 Å². The molecule has 0 atom stereocenters. The molecule has 0 aromatic heterocycles. The maximum absolute atomic E-state index is 3.69. The van der Waals surface area contributed by atoms with Gasteiger partial charge in [0.15, 0.2) is 0 Å². The molecule has 1 aliphatic rings. The molecular formula is C41H42Br2Cl2Hf-2. The Morgan fingerprint density at radius 1 is 0.696 bits per heavy atom. The van der Waals surface area contributed by atoms with Crippen LogP contribution in [-0.2, 0) is 41.1 Å². The quantitative estimate of drug-likeness (QED) is 0.148. The van der Waals surface area contributed by atoms with E-state index in [1.54, 1.807) is 0 Å². The smallest absolute Gasteiger partial charge is 0.0129 e. The summed E-state index contributed by atoms with van der Waals surface area (Å²) in [5.41, 5.74) is 14.2. The molecule has 0 N–H and O–H groups in total. The van der Waals surface area contributed by atoms with Gasteiger partial charge in [-0.3, -0.25) is 0 Å². The van der Waals surface area contributed by atoms with Gasteiger partial charge in [-0.1, -0.05) is 71.6 Å². The molecule has 0 fully saturated rings. The molecule has 0 spiro atoms. The van der Waals surface area contributed by atoms with E-state index in [0.717, 1.165) is 39.3 Å². The van der Waals surface area contributed by atoms with E-state index in [2.05, 4.69) is 160 Å². The molecule has 46 heavy (non-hydrogen) atoms. The van der Waals surface area contributed by atoms with Crippen LogP contribution in [0.5, 0.6) is 0 Å².